The van der Waals surface area contributed by atoms with Gasteiger partial charge in [-0.2, -0.15) is 0 Å². The predicted octanol–water partition coefficient (Wildman–Crippen LogP) is 5.43. The third-order valence-electron chi connectivity index (χ3n) is 3.95. The molecular formula is C20H32O3. The van der Waals surface area contributed by atoms with Crippen molar-refractivity contribution in [3.05, 3.63) is 36.5 Å². The summed E-state index contributed by atoms with van der Waals surface area (Å²) < 4.78 is 5.66. The highest BCUT2D eigenvalue weighted by molar-refractivity contribution is 5.66. The molecule has 1 rings (SSSR count). The van der Waals surface area contributed by atoms with E-state index in [1.807, 2.05) is 0 Å². The molecule has 0 amide bonds. The number of ether oxygens (including phenoxy) is 1. The quantitative estimate of drug-likeness (QED) is 0.264. The van der Waals surface area contributed by atoms with Crippen LogP contribution in [0.5, 0.6) is 0 Å². The van der Waals surface area contributed by atoms with Crippen LogP contribution < -0.4 is 0 Å². The topological polar surface area (TPSA) is 49.8 Å². The Bertz CT molecular complexity index is 396. The molecule has 0 aromatic rings. The first-order valence-electron chi connectivity index (χ1n) is 9.06. The highest BCUT2D eigenvalue weighted by atomic mass is 16.6. The van der Waals surface area contributed by atoms with Crippen LogP contribution in [0.1, 0.15) is 71.1 Å². The maximum Gasteiger partial charge on any atom is 0.303 e. The average molecular weight is 320 g/mol. The molecule has 1 aliphatic heterocycles. The van der Waals surface area contributed by atoms with Crippen LogP contribution in [-0.4, -0.2) is 23.3 Å². The van der Waals surface area contributed by atoms with E-state index in [0.29, 0.717) is 12.2 Å². The third kappa shape index (κ3) is 11.8. The van der Waals surface area contributed by atoms with Crippen LogP contribution in [0.4, 0.5) is 0 Å². The van der Waals surface area contributed by atoms with E-state index in [1.165, 1.54) is 25.7 Å². The molecule has 130 valence electrons. The van der Waals surface area contributed by atoms with Crippen LogP contribution in [0.2, 0.25) is 0 Å². The van der Waals surface area contributed by atoms with Crippen molar-refractivity contribution in [2.45, 2.75) is 83.3 Å². The van der Waals surface area contributed by atoms with E-state index in [2.05, 4.69) is 43.4 Å². The molecule has 1 N–H and O–H groups in total. The average Bonchev–Trinajstić information content (AvgIpc) is 3.27. The van der Waals surface area contributed by atoms with Crippen LogP contribution in [0.3, 0.4) is 0 Å². The SMILES string of the molecule is CCCCC[C@@H]1O[C@@H]1C/C=C\C/C=C\C/C=C\CCCC(=O)O. The fraction of sp³-hybridized carbons (Fsp3) is 0.650. The summed E-state index contributed by atoms with van der Waals surface area (Å²) in [6.45, 7) is 2.23. The molecule has 0 unspecified atom stereocenters. The number of carboxylic acid groups (broad SMARTS) is 1. The molecule has 0 aromatic heterocycles. The van der Waals surface area contributed by atoms with Crippen molar-refractivity contribution in [1.82, 2.24) is 0 Å². The van der Waals surface area contributed by atoms with Gasteiger partial charge >= 0.3 is 5.97 Å². The van der Waals surface area contributed by atoms with Gasteiger partial charge in [-0.05, 0) is 38.5 Å². The minimum Gasteiger partial charge on any atom is -0.481 e. The van der Waals surface area contributed by atoms with Gasteiger partial charge in [0.15, 0.2) is 0 Å². The summed E-state index contributed by atoms with van der Waals surface area (Å²) in [6, 6.07) is 0. The number of carboxylic acids is 1. The molecule has 23 heavy (non-hydrogen) atoms. The van der Waals surface area contributed by atoms with E-state index in [-0.39, 0.29) is 6.42 Å². The molecule has 1 heterocycles. The van der Waals surface area contributed by atoms with Gasteiger partial charge < -0.3 is 9.84 Å². The van der Waals surface area contributed by atoms with Gasteiger partial charge in [0.2, 0.25) is 0 Å². The monoisotopic (exact) mass is 320 g/mol. The number of unbranched alkanes of at least 4 members (excludes halogenated alkanes) is 3. The maximum atomic E-state index is 10.3. The summed E-state index contributed by atoms with van der Waals surface area (Å²) >= 11 is 0. The lowest BCUT2D eigenvalue weighted by Crippen LogP contribution is -1.92. The van der Waals surface area contributed by atoms with Gasteiger partial charge in [0.05, 0.1) is 12.2 Å². The van der Waals surface area contributed by atoms with Gasteiger partial charge in [0.25, 0.3) is 0 Å². The van der Waals surface area contributed by atoms with Crippen LogP contribution in [0.25, 0.3) is 0 Å². The molecule has 1 aliphatic rings. The molecule has 0 spiro atoms. The van der Waals surface area contributed by atoms with Crippen molar-refractivity contribution in [3.63, 3.8) is 0 Å². The van der Waals surface area contributed by atoms with Crippen LogP contribution in [-0.2, 0) is 9.53 Å². The smallest absolute Gasteiger partial charge is 0.303 e. The molecule has 3 heteroatoms. The number of epoxide rings is 1. The van der Waals surface area contributed by atoms with Gasteiger partial charge in [-0.3, -0.25) is 4.79 Å². The summed E-state index contributed by atoms with van der Waals surface area (Å²) in [7, 11) is 0. The van der Waals surface area contributed by atoms with Crippen molar-refractivity contribution in [3.8, 4) is 0 Å². The summed E-state index contributed by atoms with van der Waals surface area (Å²) in [5, 5.41) is 8.51. The normalized spacial score (nSPS) is 20.9. The Balaban J connectivity index is 1.90. The minimum atomic E-state index is -0.714. The third-order valence-corrected chi connectivity index (χ3v) is 3.95. The standard InChI is InChI=1S/C20H32O3/c1-2-3-12-15-18-19(23-18)16-13-10-8-6-4-5-7-9-11-14-17-20(21)22/h4,6-7,9-10,13,18-19H,2-3,5,8,11-12,14-17H2,1H3,(H,21,22)/b6-4-,9-7-,13-10-/t18-,19+/m0/s1. The van der Waals surface area contributed by atoms with Gasteiger partial charge in [-0.15, -0.1) is 0 Å². The summed E-state index contributed by atoms with van der Waals surface area (Å²) in [5.74, 6) is -0.714. The zero-order valence-electron chi connectivity index (χ0n) is 14.5. The molecule has 2 atom stereocenters. The number of aliphatic carboxylic acids is 1. The lowest BCUT2D eigenvalue weighted by atomic mass is 10.1. The van der Waals surface area contributed by atoms with Gasteiger partial charge in [-0.25, -0.2) is 0 Å². The first-order valence-corrected chi connectivity index (χ1v) is 9.06. The zero-order chi connectivity index (χ0) is 16.8. The Morgan fingerprint density at radius 2 is 1.65 bits per heavy atom. The summed E-state index contributed by atoms with van der Waals surface area (Å²) in [5.41, 5.74) is 0. The summed E-state index contributed by atoms with van der Waals surface area (Å²) in [6.07, 6.45) is 23.8. The molecular weight excluding hydrogens is 288 g/mol. The highest BCUT2D eigenvalue weighted by Gasteiger charge is 2.36. The second-order valence-electron chi connectivity index (χ2n) is 6.12. The molecule has 0 radical (unpaired) electrons. The first-order chi connectivity index (χ1) is 11.2. The molecule has 1 saturated heterocycles. The highest BCUT2D eigenvalue weighted by Crippen LogP contribution is 2.30. The lowest BCUT2D eigenvalue weighted by molar-refractivity contribution is -0.137. The number of carbonyl (C=O) groups is 1. The Morgan fingerprint density at radius 3 is 2.35 bits per heavy atom. The molecule has 3 nitrogen and oxygen atoms in total. The molecule has 0 bridgehead atoms. The molecule has 1 fully saturated rings. The van der Waals surface area contributed by atoms with E-state index in [9.17, 15) is 4.79 Å². The second-order valence-corrected chi connectivity index (χ2v) is 6.12. The van der Waals surface area contributed by atoms with Crippen molar-refractivity contribution in [2.75, 3.05) is 0 Å². The first kappa shape index (κ1) is 19.7. The number of hydrogen-bond acceptors (Lipinski definition) is 2. The van der Waals surface area contributed by atoms with Crippen molar-refractivity contribution in [1.29, 1.82) is 0 Å². The van der Waals surface area contributed by atoms with E-state index in [0.717, 1.165) is 32.1 Å². The van der Waals surface area contributed by atoms with Crippen LogP contribution >= 0.6 is 0 Å². The second kappa shape index (κ2) is 13.1. The van der Waals surface area contributed by atoms with E-state index in [1.54, 1.807) is 0 Å². The Labute approximate surface area is 141 Å². The molecule has 0 aromatic carbocycles. The minimum absolute atomic E-state index is 0.259. The van der Waals surface area contributed by atoms with Crippen molar-refractivity contribution in [2.24, 2.45) is 0 Å². The fourth-order valence-corrected chi connectivity index (χ4v) is 2.50. The van der Waals surface area contributed by atoms with Crippen molar-refractivity contribution < 1.29 is 14.6 Å². The summed E-state index contributed by atoms with van der Waals surface area (Å²) in [4.78, 5) is 10.3. The lowest BCUT2D eigenvalue weighted by Gasteiger charge is -1.93. The molecule has 0 aliphatic carbocycles. The van der Waals surface area contributed by atoms with Crippen LogP contribution in [0.15, 0.2) is 36.5 Å². The number of rotatable bonds is 14. The number of hydrogen-bond donors (Lipinski definition) is 1. The number of allylic oxidation sites excluding steroid dienone is 5. The van der Waals surface area contributed by atoms with Crippen LogP contribution in [0, 0.1) is 0 Å². The fourth-order valence-electron chi connectivity index (χ4n) is 2.50. The van der Waals surface area contributed by atoms with Gasteiger partial charge in [-0.1, -0.05) is 62.6 Å². The Morgan fingerprint density at radius 1 is 0.957 bits per heavy atom. The van der Waals surface area contributed by atoms with E-state index < -0.39 is 5.97 Å². The van der Waals surface area contributed by atoms with Gasteiger partial charge in [0.1, 0.15) is 0 Å². The van der Waals surface area contributed by atoms with E-state index >= 15 is 0 Å². The van der Waals surface area contributed by atoms with Gasteiger partial charge in [0, 0.05) is 6.42 Å². The molecule has 0 saturated carbocycles. The Kier molecular flexibility index (Phi) is 11.2. The maximum absolute atomic E-state index is 10.3. The zero-order valence-corrected chi connectivity index (χ0v) is 14.5. The predicted molar refractivity (Wildman–Crippen MR) is 95.6 cm³/mol. The van der Waals surface area contributed by atoms with Crippen molar-refractivity contribution >= 4 is 5.97 Å². The Hall–Kier alpha value is -1.35. The van der Waals surface area contributed by atoms with E-state index in [4.69, 9.17) is 9.84 Å². The largest absolute Gasteiger partial charge is 0.481 e.